The Bertz CT molecular complexity index is 326. The SMILES string of the molecule is Cc1cccc(NCC(N)C(=O)O)c1. The zero-order valence-electron chi connectivity index (χ0n) is 8.03. The van der Waals surface area contributed by atoms with Gasteiger partial charge in [-0.1, -0.05) is 12.1 Å². The number of carboxylic acid groups (broad SMARTS) is 1. The molecule has 0 saturated carbocycles. The fourth-order valence-electron chi connectivity index (χ4n) is 1.07. The Hall–Kier alpha value is -1.55. The second-order valence-electron chi connectivity index (χ2n) is 3.20. The molecular weight excluding hydrogens is 180 g/mol. The molecule has 76 valence electrons. The lowest BCUT2D eigenvalue weighted by Gasteiger charge is -2.09. The van der Waals surface area contributed by atoms with E-state index in [0.717, 1.165) is 11.3 Å². The van der Waals surface area contributed by atoms with Gasteiger partial charge in [-0.15, -0.1) is 0 Å². The highest BCUT2D eigenvalue weighted by Crippen LogP contribution is 2.08. The number of nitrogens with two attached hydrogens (primary N) is 1. The summed E-state index contributed by atoms with van der Waals surface area (Å²) in [5, 5.41) is 11.5. The Morgan fingerprint density at radius 2 is 2.36 bits per heavy atom. The van der Waals surface area contributed by atoms with E-state index in [2.05, 4.69) is 5.32 Å². The minimum atomic E-state index is -0.995. The summed E-state index contributed by atoms with van der Waals surface area (Å²) in [4.78, 5) is 10.4. The molecule has 0 saturated heterocycles. The lowest BCUT2D eigenvalue weighted by atomic mass is 10.2. The van der Waals surface area contributed by atoms with Crippen molar-refractivity contribution in [2.45, 2.75) is 13.0 Å². The molecule has 0 aliphatic heterocycles. The molecule has 0 amide bonds. The van der Waals surface area contributed by atoms with Crippen LogP contribution in [0, 0.1) is 6.92 Å². The molecule has 0 aliphatic rings. The standard InChI is InChI=1S/C10H14N2O2/c1-7-3-2-4-8(5-7)12-6-9(11)10(13)14/h2-5,9,12H,6,11H2,1H3,(H,13,14). The number of hydrogen-bond donors (Lipinski definition) is 3. The zero-order valence-corrected chi connectivity index (χ0v) is 8.03. The number of anilines is 1. The number of aryl methyl sites for hydroxylation is 1. The number of benzene rings is 1. The summed E-state index contributed by atoms with van der Waals surface area (Å²) >= 11 is 0. The third-order valence-electron chi connectivity index (χ3n) is 1.86. The van der Waals surface area contributed by atoms with E-state index in [1.165, 1.54) is 0 Å². The van der Waals surface area contributed by atoms with Crippen molar-refractivity contribution < 1.29 is 9.90 Å². The van der Waals surface area contributed by atoms with E-state index in [-0.39, 0.29) is 6.54 Å². The average Bonchev–Trinajstić information content (AvgIpc) is 2.14. The molecule has 4 heteroatoms. The lowest BCUT2D eigenvalue weighted by molar-refractivity contribution is -0.138. The van der Waals surface area contributed by atoms with E-state index >= 15 is 0 Å². The maximum Gasteiger partial charge on any atom is 0.322 e. The normalized spacial score (nSPS) is 12.1. The third kappa shape index (κ3) is 3.06. The van der Waals surface area contributed by atoms with E-state index in [9.17, 15) is 4.79 Å². The minimum Gasteiger partial charge on any atom is -0.480 e. The molecule has 1 unspecified atom stereocenters. The minimum absolute atomic E-state index is 0.235. The zero-order chi connectivity index (χ0) is 10.6. The first-order valence-corrected chi connectivity index (χ1v) is 4.38. The highest BCUT2D eigenvalue weighted by molar-refractivity contribution is 5.74. The van der Waals surface area contributed by atoms with Crippen molar-refractivity contribution >= 4 is 11.7 Å². The molecule has 0 bridgehead atoms. The van der Waals surface area contributed by atoms with Crippen molar-refractivity contribution in [3.05, 3.63) is 29.8 Å². The largest absolute Gasteiger partial charge is 0.480 e. The molecule has 0 heterocycles. The van der Waals surface area contributed by atoms with Gasteiger partial charge in [0, 0.05) is 12.2 Å². The quantitative estimate of drug-likeness (QED) is 0.663. The third-order valence-corrected chi connectivity index (χ3v) is 1.86. The molecule has 0 spiro atoms. The monoisotopic (exact) mass is 194 g/mol. The molecule has 1 atom stereocenters. The number of hydrogen-bond acceptors (Lipinski definition) is 3. The van der Waals surface area contributed by atoms with Gasteiger partial charge in [0.05, 0.1) is 0 Å². The Labute approximate surface area is 82.7 Å². The summed E-state index contributed by atoms with van der Waals surface area (Å²) in [6, 6.07) is 6.83. The molecule has 1 rings (SSSR count). The second-order valence-corrected chi connectivity index (χ2v) is 3.20. The van der Waals surface area contributed by atoms with Gasteiger partial charge in [0.2, 0.25) is 0 Å². The Morgan fingerprint density at radius 3 is 2.93 bits per heavy atom. The average molecular weight is 194 g/mol. The second kappa shape index (κ2) is 4.62. The van der Waals surface area contributed by atoms with Crippen LogP contribution in [0.3, 0.4) is 0 Å². The number of carboxylic acids is 1. The van der Waals surface area contributed by atoms with Crippen LogP contribution in [0.5, 0.6) is 0 Å². The number of aliphatic carboxylic acids is 1. The van der Waals surface area contributed by atoms with Gasteiger partial charge in [-0.25, -0.2) is 0 Å². The van der Waals surface area contributed by atoms with Crippen molar-refractivity contribution in [1.82, 2.24) is 0 Å². The van der Waals surface area contributed by atoms with Crippen LogP contribution in [0.2, 0.25) is 0 Å². The lowest BCUT2D eigenvalue weighted by Crippen LogP contribution is -2.36. The van der Waals surface area contributed by atoms with Gasteiger partial charge in [0.15, 0.2) is 0 Å². The van der Waals surface area contributed by atoms with E-state index in [0.29, 0.717) is 0 Å². The van der Waals surface area contributed by atoms with E-state index in [1.54, 1.807) is 0 Å². The molecule has 0 aromatic heterocycles. The van der Waals surface area contributed by atoms with Crippen LogP contribution in [0.15, 0.2) is 24.3 Å². The summed E-state index contributed by atoms with van der Waals surface area (Å²) in [5.41, 5.74) is 7.35. The molecule has 0 aliphatic carbocycles. The van der Waals surface area contributed by atoms with Gasteiger partial charge >= 0.3 is 5.97 Å². The van der Waals surface area contributed by atoms with Gasteiger partial charge in [-0.3, -0.25) is 4.79 Å². The number of nitrogens with one attached hydrogen (secondary N) is 1. The smallest absolute Gasteiger partial charge is 0.322 e. The van der Waals surface area contributed by atoms with Gasteiger partial charge in [0.1, 0.15) is 6.04 Å². The van der Waals surface area contributed by atoms with Crippen molar-refractivity contribution in [1.29, 1.82) is 0 Å². The van der Waals surface area contributed by atoms with Crippen LogP contribution >= 0.6 is 0 Å². The molecule has 14 heavy (non-hydrogen) atoms. The Kier molecular flexibility index (Phi) is 3.48. The van der Waals surface area contributed by atoms with Gasteiger partial charge in [0.25, 0.3) is 0 Å². The van der Waals surface area contributed by atoms with Gasteiger partial charge in [-0.05, 0) is 24.6 Å². The highest BCUT2D eigenvalue weighted by Gasteiger charge is 2.09. The van der Waals surface area contributed by atoms with Crippen LogP contribution in [-0.4, -0.2) is 23.7 Å². The van der Waals surface area contributed by atoms with Crippen LogP contribution in [0.1, 0.15) is 5.56 Å². The first-order chi connectivity index (χ1) is 6.59. The molecule has 0 fully saturated rings. The first kappa shape index (κ1) is 10.5. The molecule has 1 aromatic carbocycles. The molecule has 0 radical (unpaired) electrons. The summed E-state index contributed by atoms with van der Waals surface area (Å²) in [7, 11) is 0. The van der Waals surface area contributed by atoms with Gasteiger partial charge < -0.3 is 16.2 Å². The Morgan fingerprint density at radius 1 is 1.64 bits per heavy atom. The van der Waals surface area contributed by atoms with Crippen molar-refractivity contribution in [2.24, 2.45) is 5.73 Å². The van der Waals surface area contributed by atoms with Crippen molar-refractivity contribution in [3.63, 3.8) is 0 Å². The topological polar surface area (TPSA) is 75.3 Å². The predicted molar refractivity (Wildman–Crippen MR) is 55.3 cm³/mol. The molecule has 4 N–H and O–H groups in total. The Balaban J connectivity index is 2.49. The van der Waals surface area contributed by atoms with Gasteiger partial charge in [-0.2, -0.15) is 0 Å². The number of carbonyl (C=O) groups is 1. The molecule has 1 aromatic rings. The molecular formula is C10H14N2O2. The number of rotatable bonds is 4. The van der Waals surface area contributed by atoms with E-state index in [1.807, 2.05) is 31.2 Å². The van der Waals surface area contributed by atoms with Crippen LogP contribution in [-0.2, 0) is 4.79 Å². The van der Waals surface area contributed by atoms with Crippen molar-refractivity contribution in [3.8, 4) is 0 Å². The summed E-state index contributed by atoms with van der Waals surface area (Å²) in [6.45, 7) is 2.21. The van der Waals surface area contributed by atoms with E-state index < -0.39 is 12.0 Å². The van der Waals surface area contributed by atoms with Crippen LogP contribution in [0.25, 0.3) is 0 Å². The fourth-order valence-corrected chi connectivity index (χ4v) is 1.07. The maximum atomic E-state index is 10.4. The predicted octanol–water partition coefficient (Wildman–Crippen LogP) is 0.819. The highest BCUT2D eigenvalue weighted by atomic mass is 16.4. The van der Waals surface area contributed by atoms with Crippen LogP contribution in [0.4, 0.5) is 5.69 Å². The van der Waals surface area contributed by atoms with E-state index in [4.69, 9.17) is 10.8 Å². The summed E-state index contributed by atoms with van der Waals surface area (Å²) < 4.78 is 0. The summed E-state index contributed by atoms with van der Waals surface area (Å²) in [6.07, 6.45) is 0. The van der Waals surface area contributed by atoms with Crippen molar-refractivity contribution in [2.75, 3.05) is 11.9 Å². The first-order valence-electron chi connectivity index (χ1n) is 4.38. The summed E-state index contributed by atoms with van der Waals surface area (Å²) in [5.74, 6) is -0.995. The van der Waals surface area contributed by atoms with Crippen LogP contribution < -0.4 is 11.1 Å². The molecule has 4 nitrogen and oxygen atoms in total. The maximum absolute atomic E-state index is 10.4. The fraction of sp³-hybridized carbons (Fsp3) is 0.300.